The number of rotatable bonds is 5. The Morgan fingerprint density at radius 3 is 2.70 bits per heavy atom. The van der Waals surface area contributed by atoms with E-state index in [1.807, 2.05) is 31.2 Å². The van der Waals surface area contributed by atoms with Gasteiger partial charge in [0.2, 0.25) is 5.91 Å². The van der Waals surface area contributed by atoms with Gasteiger partial charge in [-0.3, -0.25) is 14.6 Å². The van der Waals surface area contributed by atoms with Crippen molar-refractivity contribution in [1.82, 2.24) is 15.3 Å². The maximum atomic E-state index is 12.1. The number of carbonyl (C=O) groups is 1. The van der Waals surface area contributed by atoms with Gasteiger partial charge < -0.3 is 10.3 Å². The normalized spacial score (nSPS) is 12.0. The quantitative estimate of drug-likeness (QED) is 0.679. The van der Waals surface area contributed by atoms with E-state index in [0.717, 1.165) is 10.0 Å². The first-order chi connectivity index (χ1) is 10.9. The highest BCUT2D eigenvalue weighted by Crippen LogP contribution is 2.22. The second-order valence-electron chi connectivity index (χ2n) is 5.32. The number of benzene rings is 1. The van der Waals surface area contributed by atoms with Crippen molar-refractivity contribution in [2.24, 2.45) is 0 Å². The van der Waals surface area contributed by atoms with Crippen molar-refractivity contribution in [3.63, 3.8) is 0 Å². The largest absolute Gasteiger partial charge is 0.350 e. The van der Waals surface area contributed by atoms with Gasteiger partial charge in [-0.15, -0.1) is 0 Å². The molecule has 0 saturated carbocycles. The van der Waals surface area contributed by atoms with E-state index in [0.29, 0.717) is 22.4 Å². The van der Waals surface area contributed by atoms with Crippen LogP contribution in [0, 0.1) is 11.7 Å². The van der Waals surface area contributed by atoms with Crippen LogP contribution < -0.4 is 10.9 Å². The Kier molecular flexibility index (Phi) is 5.90. The fraction of sp³-hybridized carbons (Fsp3) is 0.312. The molecule has 1 aromatic carbocycles. The molecule has 0 aliphatic rings. The van der Waals surface area contributed by atoms with Crippen LogP contribution in [0.1, 0.15) is 36.2 Å². The highest BCUT2D eigenvalue weighted by Gasteiger charge is 2.13. The first-order valence-electron chi connectivity index (χ1n) is 7.24. The molecule has 1 heterocycles. The van der Waals surface area contributed by atoms with Gasteiger partial charge in [-0.1, -0.05) is 34.1 Å². The van der Waals surface area contributed by atoms with Crippen LogP contribution in [-0.4, -0.2) is 15.9 Å². The Bertz CT molecular complexity index is 829. The minimum absolute atomic E-state index is 0.102. The van der Waals surface area contributed by atoms with Crippen molar-refractivity contribution in [3.05, 3.63) is 60.7 Å². The first-order valence-corrected chi connectivity index (χ1v) is 8.44. The molecule has 5 nitrogen and oxygen atoms in total. The van der Waals surface area contributed by atoms with Gasteiger partial charge in [0.1, 0.15) is 0 Å². The summed E-state index contributed by atoms with van der Waals surface area (Å²) in [4.78, 5) is 29.5. The molecule has 23 heavy (non-hydrogen) atoms. The molecule has 0 saturated heterocycles. The molecule has 2 aromatic rings. The van der Waals surface area contributed by atoms with Crippen LogP contribution in [0.25, 0.3) is 0 Å². The molecule has 122 valence electrons. The van der Waals surface area contributed by atoms with Gasteiger partial charge in [0.25, 0.3) is 5.56 Å². The molecule has 1 aromatic heterocycles. The zero-order valence-corrected chi connectivity index (χ0v) is 15.3. The second kappa shape index (κ2) is 7.70. The van der Waals surface area contributed by atoms with E-state index in [1.54, 1.807) is 6.92 Å². The van der Waals surface area contributed by atoms with Crippen molar-refractivity contribution >= 4 is 34.1 Å². The molecule has 0 spiro atoms. The Labute approximate surface area is 147 Å². The van der Waals surface area contributed by atoms with Crippen molar-refractivity contribution in [2.75, 3.05) is 0 Å². The Balaban J connectivity index is 2.00. The highest BCUT2D eigenvalue weighted by atomic mass is 79.9. The monoisotopic (exact) mass is 395 g/mol. The fourth-order valence-corrected chi connectivity index (χ4v) is 3.26. The molecule has 0 aliphatic heterocycles. The first kappa shape index (κ1) is 17.6. The maximum absolute atomic E-state index is 12.1. The molecule has 1 amide bonds. The number of aromatic nitrogens is 2. The molecule has 3 N–H and O–H groups in total. The second-order valence-corrected chi connectivity index (χ2v) is 6.59. The standard InChI is InChI=1S/C16H18BrN3O2S/c1-9(11-5-3-4-6-13(11)17)18-14(21)8-7-12-10(2)19-16(23)20-15(12)22/h3-6,9H,7-8H2,1-2H3,(H,18,21)(H2,19,20,22,23)/t9-/m1/s1. The molecule has 7 heteroatoms. The van der Waals surface area contributed by atoms with E-state index in [2.05, 4.69) is 31.2 Å². The Morgan fingerprint density at radius 1 is 1.35 bits per heavy atom. The summed E-state index contributed by atoms with van der Waals surface area (Å²) in [5.41, 5.74) is 2.03. The van der Waals surface area contributed by atoms with Crippen LogP contribution in [0.5, 0.6) is 0 Å². The Morgan fingerprint density at radius 2 is 2.04 bits per heavy atom. The van der Waals surface area contributed by atoms with E-state index in [4.69, 9.17) is 12.2 Å². The number of hydrogen-bond acceptors (Lipinski definition) is 3. The van der Waals surface area contributed by atoms with E-state index < -0.39 is 0 Å². The third kappa shape index (κ3) is 4.62. The summed E-state index contributed by atoms with van der Waals surface area (Å²) >= 11 is 8.39. The van der Waals surface area contributed by atoms with Crippen LogP contribution in [0.3, 0.4) is 0 Å². The fourth-order valence-electron chi connectivity index (χ4n) is 2.38. The summed E-state index contributed by atoms with van der Waals surface area (Å²) < 4.78 is 1.25. The summed E-state index contributed by atoms with van der Waals surface area (Å²) in [7, 11) is 0. The number of aromatic amines is 2. The SMILES string of the molecule is Cc1[nH]c(=S)[nH]c(=O)c1CCC(=O)N[C@H](C)c1ccccc1Br. The number of carbonyl (C=O) groups excluding carboxylic acids is 1. The van der Waals surface area contributed by atoms with E-state index >= 15 is 0 Å². The number of hydrogen-bond donors (Lipinski definition) is 3. The topological polar surface area (TPSA) is 77.8 Å². The van der Waals surface area contributed by atoms with Gasteiger partial charge in [0, 0.05) is 22.2 Å². The van der Waals surface area contributed by atoms with Gasteiger partial charge in [0.05, 0.1) is 6.04 Å². The predicted octanol–water partition coefficient (Wildman–Crippen LogP) is 3.31. The zero-order valence-electron chi connectivity index (χ0n) is 12.9. The van der Waals surface area contributed by atoms with Gasteiger partial charge in [-0.2, -0.15) is 0 Å². The molecule has 0 unspecified atom stereocenters. The number of H-pyrrole nitrogens is 2. The highest BCUT2D eigenvalue weighted by molar-refractivity contribution is 9.10. The third-order valence-electron chi connectivity index (χ3n) is 3.61. The van der Waals surface area contributed by atoms with Crippen molar-refractivity contribution in [1.29, 1.82) is 0 Å². The zero-order chi connectivity index (χ0) is 17.0. The number of amides is 1. The van der Waals surface area contributed by atoms with Crippen LogP contribution in [0.2, 0.25) is 0 Å². The number of aryl methyl sites for hydroxylation is 1. The van der Waals surface area contributed by atoms with Crippen LogP contribution >= 0.6 is 28.1 Å². The van der Waals surface area contributed by atoms with E-state index in [9.17, 15) is 9.59 Å². The van der Waals surface area contributed by atoms with Crippen LogP contribution in [0.4, 0.5) is 0 Å². The summed E-state index contributed by atoms with van der Waals surface area (Å²) in [6, 6.07) is 7.64. The van der Waals surface area contributed by atoms with Crippen molar-refractivity contribution in [2.45, 2.75) is 32.7 Å². The third-order valence-corrected chi connectivity index (χ3v) is 4.53. The number of halogens is 1. The average Bonchev–Trinajstić information content (AvgIpc) is 2.46. The summed E-state index contributed by atoms with van der Waals surface area (Å²) in [6.07, 6.45) is 0.602. The molecule has 0 fully saturated rings. The number of nitrogens with one attached hydrogen (secondary N) is 3. The molecule has 0 bridgehead atoms. The lowest BCUT2D eigenvalue weighted by Crippen LogP contribution is -2.28. The lowest BCUT2D eigenvalue weighted by atomic mass is 10.1. The van der Waals surface area contributed by atoms with Crippen LogP contribution in [-0.2, 0) is 11.2 Å². The van der Waals surface area contributed by atoms with Crippen molar-refractivity contribution < 1.29 is 4.79 Å². The van der Waals surface area contributed by atoms with Crippen molar-refractivity contribution in [3.8, 4) is 0 Å². The van der Waals surface area contributed by atoms with E-state index in [1.165, 1.54) is 0 Å². The molecule has 0 radical (unpaired) electrons. The Hall–Kier alpha value is -1.73. The lowest BCUT2D eigenvalue weighted by Gasteiger charge is -2.16. The summed E-state index contributed by atoms with van der Waals surface area (Å²) in [6.45, 7) is 3.71. The smallest absolute Gasteiger partial charge is 0.255 e. The minimum atomic E-state index is -0.238. The summed E-state index contributed by atoms with van der Waals surface area (Å²) in [5.74, 6) is -0.102. The lowest BCUT2D eigenvalue weighted by molar-refractivity contribution is -0.121. The molecule has 2 rings (SSSR count). The van der Waals surface area contributed by atoms with Gasteiger partial charge >= 0.3 is 0 Å². The molecule has 0 aliphatic carbocycles. The minimum Gasteiger partial charge on any atom is -0.350 e. The van der Waals surface area contributed by atoms with Crippen LogP contribution in [0.15, 0.2) is 33.5 Å². The molecular formula is C16H18BrN3O2S. The van der Waals surface area contributed by atoms with Gasteiger partial charge in [0.15, 0.2) is 4.77 Å². The molecule has 1 atom stereocenters. The predicted molar refractivity (Wildman–Crippen MR) is 96.0 cm³/mol. The average molecular weight is 396 g/mol. The van der Waals surface area contributed by atoms with Gasteiger partial charge in [-0.25, -0.2) is 0 Å². The van der Waals surface area contributed by atoms with Gasteiger partial charge in [-0.05, 0) is 44.1 Å². The van der Waals surface area contributed by atoms with E-state index in [-0.39, 0.29) is 23.9 Å². The summed E-state index contributed by atoms with van der Waals surface area (Å²) in [5, 5.41) is 2.95. The maximum Gasteiger partial charge on any atom is 0.255 e. The molecular weight excluding hydrogens is 378 g/mol.